The van der Waals surface area contributed by atoms with Crippen LogP contribution in [0.4, 0.5) is 0 Å². The highest BCUT2D eigenvalue weighted by molar-refractivity contribution is 9.10. The fourth-order valence-electron chi connectivity index (χ4n) is 1.31. The van der Waals surface area contributed by atoms with Gasteiger partial charge in [0.25, 0.3) is 0 Å². The molecule has 5 nitrogen and oxygen atoms in total. The molecule has 0 heterocycles. The van der Waals surface area contributed by atoms with Crippen LogP contribution in [-0.4, -0.2) is 35.1 Å². The molecular weight excluding hydrogens is 278 g/mol. The number of halogens is 1. The van der Waals surface area contributed by atoms with Gasteiger partial charge in [-0.05, 0) is 12.1 Å². The largest absolute Gasteiger partial charge is 0.504 e. The zero-order chi connectivity index (χ0) is 12.3. The minimum atomic E-state index is -1.25. The molecule has 0 fully saturated rings. The van der Waals surface area contributed by atoms with Crippen LogP contribution in [0.3, 0.4) is 0 Å². The molecule has 1 rings (SSSR count). The monoisotopic (exact) mass is 291 g/mol. The van der Waals surface area contributed by atoms with Crippen LogP contribution in [0.15, 0.2) is 16.6 Å². The number of phenols is 1. The Kier molecular flexibility index (Phi) is 4.55. The molecule has 0 aliphatic carbocycles. The maximum Gasteiger partial charge on any atom is 0.163 e. The summed E-state index contributed by atoms with van der Waals surface area (Å²) in [4.78, 5) is 0. The Bertz CT molecular complexity index is 372. The van der Waals surface area contributed by atoms with Crippen LogP contribution in [-0.2, 0) is 0 Å². The second-order valence-electron chi connectivity index (χ2n) is 3.29. The van der Waals surface area contributed by atoms with Crippen LogP contribution in [0.2, 0.25) is 0 Å². The van der Waals surface area contributed by atoms with Crippen molar-refractivity contribution in [1.29, 1.82) is 0 Å². The topological polar surface area (TPSA) is 95.9 Å². The maximum absolute atomic E-state index is 9.77. The molecule has 1 aromatic rings. The third kappa shape index (κ3) is 2.65. The van der Waals surface area contributed by atoms with Gasteiger partial charge < -0.3 is 25.8 Å². The molecule has 6 heteroatoms. The molecule has 1 aromatic carbocycles. The molecule has 16 heavy (non-hydrogen) atoms. The summed E-state index contributed by atoms with van der Waals surface area (Å²) >= 11 is 3.21. The van der Waals surface area contributed by atoms with Crippen molar-refractivity contribution in [1.82, 2.24) is 0 Å². The molecule has 2 unspecified atom stereocenters. The highest BCUT2D eigenvalue weighted by Gasteiger charge is 2.22. The summed E-state index contributed by atoms with van der Waals surface area (Å²) in [7, 11) is 1.40. The van der Waals surface area contributed by atoms with Gasteiger partial charge in [-0.3, -0.25) is 0 Å². The van der Waals surface area contributed by atoms with Crippen molar-refractivity contribution < 1.29 is 20.1 Å². The third-order valence-corrected chi connectivity index (χ3v) is 2.67. The Morgan fingerprint density at radius 3 is 2.56 bits per heavy atom. The molecule has 0 spiro atoms. The normalized spacial score (nSPS) is 14.6. The van der Waals surface area contributed by atoms with E-state index in [0.29, 0.717) is 4.47 Å². The first-order valence-electron chi connectivity index (χ1n) is 4.63. The molecule has 0 amide bonds. The summed E-state index contributed by atoms with van der Waals surface area (Å²) in [5.41, 5.74) is 5.40. The number of ether oxygens (including phenoxy) is 1. The average Bonchev–Trinajstić information content (AvgIpc) is 2.29. The number of aliphatic hydroxyl groups is 2. The molecule has 0 bridgehead atoms. The van der Waals surface area contributed by atoms with Crippen LogP contribution in [0.1, 0.15) is 11.7 Å². The van der Waals surface area contributed by atoms with Gasteiger partial charge in [-0.1, -0.05) is 15.9 Å². The van der Waals surface area contributed by atoms with E-state index in [2.05, 4.69) is 15.9 Å². The number of benzene rings is 1. The zero-order valence-electron chi connectivity index (χ0n) is 8.72. The summed E-state index contributed by atoms with van der Waals surface area (Å²) in [5, 5.41) is 28.9. The van der Waals surface area contributed by atoms with Gasteiger partial charge in [0.05, 0.1) is 13.2 Å². The van der Waals surface area contributed by atoms with E-state index in [1.165, 1.54) is 13.2 Å². The minimum absolute atomic E-state index is 0.102. The van der Waals surface area contributed by atoms with Gasteiger partial charge in [-0.15, -0.1) is 0 Å². The van der Waals surface area contributed by atoms with Crippen LogP contribution in [0.5, 0.6) is 11.5 Å². The van der Waals surface area contributed by atoms with Gasteiger partial charge in [0.15, 0.2) is 11.5 Å². The van der Waals surface area contributed by atoms with Gasteiger partial charge in [0, 0.05) is 16.6 Å². The first-order chi connectivity index (χ1) is 7.51. The van der Waals surface area contributed by atoms with Crippen molar-refractivity contribution in [3.8, 4) is 11.5 Å². The smallest absolute Gasteiger partial charge is 0.163 e. The van der Waals surface area contributed by atoms with Crippen molar-refractivity contribution in [2.24, 2.45) is 5.73 Å². The number of aromatic hydroxyl groups is 1. The van der Waals surface area contributed by atoms with Crippen molar-refractivity contribution in [2.45, 2.75) is 12.2 Å². The van der Waals surface area contributed by atoms with Gasteiger partial charge in [0.1, 0.15) is 6.10 Å². The van der Waals surface area contributed by atoms with Gasteiger partial charge in [-0.2, -0.15) is 0 Å². The maximum atomic E-state index is 9.77. The van der Waals surface area contributed by atoms with E-state index in [1.54, 1.807) is 6.07 Å². The fraction of sp³-hybridized carbons (Fsp3) is 0.400. The number of methoxy groups -OCH3 is 1. The predicted octanol–water partition coefficient (Wildman–Crippen LogP) is 0.516. The van der Waals surface area contributed by atoms with Crippen LogP contribution in [0, 0.1) is 0 Å². The quantitative estimate of drug-likeness (QED) is 0.649. The summed E-state index contributed by atoms with van der Waals surface area (Å²) < 4.78 is 5.55. The van der Waals surface area contributed by atoms with E-state index in [0.717, 1.165) is 0 Å². The summed E-state index contributed by atoms with van der Waals surface area (Å²) in [5.74, 6) is 0.0124. The Morgan fingerprint density at radius 1 is 1.44 bits per heavy atom. The van der Waals surface area contributed by atoms with Gasteiger partial charge in [0.2, 0.25) is 0 Å². The first kappa shape index (κ1) is 13.2. The standard InChI is InChI=1S/C10H14BrNO4/c1-16-8-3-5(11)2-6(10(8)15)9(14)7(13)4-12/h2-3,7,9,13-15H,4,12H2,1H3. The lowest BCUT2D eigenvalue weighted by atomic mass is 10.0. The van der Waals surface area contributed by atoms with Crippen LogP contribution in [0.25, 0.3) is 0 Å². The lowest BCUT2D eigenvalue weighted by Gasteiger charge is -2.19. The Labute approximate surface area is 102 Å². The van der Waals surface area contributed by atoms with E-state index in [9.17, 15) is 15.3 Å². The Balaban J connectivity index is 3.17. The van der Waals surface area contributed by atoms with E-state index in [4.69, 9.17) is 10.5 Å². The molecule has 0 aliphatic rings. The number of rotatable bonds is 4. The Hall–Kier alpha value is -0.820. The lowest BCUT2D eigenvalue weighted by Crippen LogP contribution is -2.27. The fourth-order valence-corrected chi connectivity index (χ4v) is 1.77. The van der Waals surface area contributed by atoms with E-state index >= 15 is 0 Å². The number of nitrogens with two attached hydrogens (primary N) is 1. The predicted molar refractivity (Wildman–Crippen MR) is 62.4 cm³/mol. The second kappa shape index (κ2) is 5.49. The molecule has 2 atom stereocenters. The van der Waals surface area contributed by atoms with E-state index in [1.807, 2.05) is 0 Å². The van der Waals surface area contributed by atoms with Gasteiger partial charge >= 0.3 is 0 Å². The number of aliphatic hydroxyl groups excluding tert-OH is 2. The number of hydrogen-bond acceptors (Lipinski definition) is 5. The average molecular weight is 292 g/mol. The number of phenolic OH excluding ortho intramolecular Hbond substituents is 1. The van der Waals surface area contributed by atoms with E-state index < -0.39 is 12.2 Å². The van der Waals surface area contributed by atoms with Crippen LogP contribution < -0.4 is 10.5 Å². The minimum Gasteiger partial charge on any atom is -0.504 e. The second-order valence-corrected chi connectivity index (χ2v) is 4.21. The molecule has 0 aromatic heterocycles. The molecule has 90 valence electrons. The molecule has 5 N–H and O–H groups in total. The summed E-state index contributed by atoms with van der Waals surface area (Å²) in [6.07, 6.45) is -2.39. The molecule has 0 aliphatic heterocycles. The highest BCUT2D eigenvalue weighted by Crippen LogP contribution is 2.37. The SMILES string of the molecule is COc1cc(Br)cc(C(O)C(O)CN)c1O. The van der Waals surface area contributed by atoms with E-state index in [-0.39, 0.29) is 23.6 Å². The van der Waals surface area contributed by atoms with Crippen molar-refractivity contribution >= 4 is 15.9 Å². The first-order valence-corrected chi connectivity index (χ1v) is 5.43. The van der Waals surface area contributed by atoms with Crippen molar-refractivity contribution in [2.75, 3.05) is 13.7 Å². The van der Waals surface area contributed by atoms with Gasteiger partial charge in [-0.25, -0.2) is 0 Å². The summed E-state index contributed by atoms with van der Waals surface area (Å²) in [6.45, 7) is -0.102. The Morgan fingerprint density at radius 2 is 2.06 bits per heavy atom. The lowest BCUT2D eigenvalue weighted by molar-refractivity contribution is 0.0227. The molecular formula is C10H14BrNO4. The third-order valence-electron chi connectivity index (χ3n) is 2.21. The molecule has 0 saturated carbocycles. The highest BCUT2D eigenvalue weighted by atomic mass is 79.9. The van der Waals surface area contributed by atoms with Crippen LogP contribution >= 0.6 is 15.9 Å². The summed E-state index contributed by atoms with van der Waals surface area (Å²) in [6, 6.07) is 3.06. The van der Waals surface area contributed by atoms with Crippen molar-refractivity contribution in [3.63, 3.8) is 0 Å². The molecule has 0 radical (unpaired) electrons. The van der Waals surface area contributed by atoms with Crippen molar-refractivity contribution in [3.05, 3.63) is 22.2 Å². The molecule has 0 saturated heterocycles. The zero-order valence-corrected chi connectivity index (χ0v) is 10.3. The number of hydrogen-bond donors (Lipinski definition) is 4.